The lowest BCUT2D eigenvalue weighted by atomic mass is 10.0. The minimum atomic E-state index is -1.02. The molecule has 5 rings (SSSR count). The van der Waals surface area contributed by atoms with E-state index < -0.39 is 17.3 Å². The van der Waals surface area contributed by atoms with Crippen molar-refractivity contribution < 1.29 is 19.1 Å². The molecule has 0 radical (unpaired) electrons. The molecule has 0 fully saturated rings. The van der Waals surface area contributed by atoms with Crippen molar-refractivity contribution in [2.24, 2.45) is 0 Å². The number of carbonyl (C=O) groups is 2. The van der Waals surface area contributed by atoms with Crippen LogP contribution in [0.3, 0.4) is 0 Å². The van der Waals surface area contributed by atoms with Crippen LogP contribution in [0, 0.1) is 5.82 Å². The van der Waals surface area contributed by atoms with Crippen molar-refractivity contribution in [2.45, 2.75) is 39.0 Å². The quantitative estimate of drug-likeness (QED) is 0.409. The van der Waals surface area contributed by atoms with Crippen molar-refractivity contribution in [1.82, 2.24) is 24.6 Å². The molecule has 1 unspecified atom stereocenters. The van der Waals surface area contributed by atoms with Gasteiger partial charge < -0.3 is 20.3 Å². The Kier molecular flexibility index (Phi) is 5.40. The molecular formula is C25H25FN6O3. The number of nitrogens with one attached hydrogen (secondary N) is 2. The molecule has 0 aliphatic carbocycles. The summed E-state index contributed by atoms with van der Waals surface area (Å²) in [6.07, 6.45) is 4.79. The molecule has 3 aromatic heterocycles. The fourth-order valence-corrected chi connectivity index (χ4v) is 4.29. The van der Waals surface area contributed by atoms with Crippen LogP contribution >= 0.6 is 0 Å². The normalized spacial score (nSPS) is 15.7. The fraction of sp³-hybridized carbons (Fsp3) is 0.280. The van der Waals surface area contributed by atoms with E-state index in [1.54, 1.807) is 53.7 Å². The lowest BCUT2D eigenvalue weighted by molar-refractivity contribution is 0.0738. The average molecular weight is 477 g/mol. The van der Waals surface area contributed by atoms with Crippen molar-refractivity contribution in [3.05, 3.63) is 77.3 Å². The zero-order valence-electron chi connectivity index (χ0n) is 19.5. The predicted octanol–water partition coefficient (Wildman–Crippen LogP) is 3.20. The Morgan fingerprint density at radius 3 is 2.80 bits per heavy atom. The summed E-state index contributed by atoms with van der Waals surface area (Å²) in [7, 11) is 0. The van der Waals surface area contributed by atoms with Gasteiger partial charge in [-0.3, -0.25) is 19.3 Å². The summed E-state index contributed by atoms with van der Waals surface area (Å²) in [5.41, 5.74) is 1.33. The van der Waals surface area contributed by atoms with Gasteiger partial charge in [0.15, 0.2) is 5.82 Å². The van der Waals surface area contributed by atoms with Gasteiger partial charge in [0.1, 0.15) is 11.3 Å². The molecule has 0 bridgehead atoms. The maximum absolute atomic E-state index is 15.5. The highest BCUT2D eigenvalue weighted by molar-refractivity contribution is 6.07. The molecule has 0 saturated heterocycles. The molecule has 35 heavy (non-hydrogen) atoms. The molecule has 180 valence electrons. The molecule has 1 aliphatic rings. The molecular weight excluding hydrogens is 451 g/mol. The van der Waals surface area contributed by atoms with Gasteiger partial charge in [-0.05, 0) is 44.5 Å². The zero-order valence-corrected chi connectivity index (χ0v) is 19.5. The first-order chi connectivity index (χ1) is 16.6. The number of anilines is 1. The number of amides is 2. The van der Waals surface area contributed by atoms with Crippen LogP contribution in [0.5, 0.6) is 0 Å². The van der Waals surface area contributed by atoms with E-state index in [1.165, 1.54) is 12.3 Å². The number of aromatic nitrogens is 4. The molecule has 4 aromatic rings. The lowest BCUT2D eigenvalue weighted by Gasteiger charge is -2.24. The topological polar surface area (TPSA) is 114 Å². The Balaban J connectivity index is 1.35. The fourth-order valence-electron chi connectivity index (χ4n) is 4.29. The van der Waals surface area contributed by atoms with Crippen molar-refractivity contribution >= 4 is 28.4 Å². The van der Waals surface area contributed by atoms with E-state index in [0.29, 0.717) is 35.6 Å². The number of fused-ring (bicyclic) bond motifs is 3. The van der Waals surface area contributed by atoms with E-state index in [2.05, 4.69) is 20.7 Å². The maximum atomic E-state index is 15.5. The van der Waals surface area contributed by atoms with E-state index in [9.17, 15) is 14.7 Å². The number of rotatable bonds is 5. The van der Waals surface area contributed by atoms with Crippen LogP contribution in [0.2, 0.25) is 0 Å². The number of aliphatic hydroxyl groups is 1. The smallest absolute Gasteiger partial charge is 0.268 e. The van der Waals surface area contributed by atoms with Crippen molar-refractivity contribution in [1.29, 1.82) is 0 Å². The second-order valence-electron chi connectivity index (χ2n) is 9.31. The first kappa shape index (κ1) is 22.7. The number of carbonyl (C=O) groups excluding carboxylic acids is 2. The van der Waals surface area contributed by atoms with Gasteiger partial charge in [-0.25, -0.2) is 4.39 Å². The van der Waals surface area contributed by atoms with Gasteiger partial charge in [-0.15, -0.1) is 0 Å². The monoisotopic (exact) mass is 476 g/mol. The van der Waals surface area contributed by atoms with Crippen molar-refractivity contribution in [3.63, 3.8) is 0 Å². The number of hydrogen-bond acceptors (Lipinski definition) is 5. The van der Waals surface area contributed by atoms with Crippen LogP contribution in [0.15, 0.2) is 48.9 Å². The zero-order chi connectivity index (χ0) is 24.9. The number of benzene rings is 1. The SMILES string of the molecule is CC1CNC(=O)c2cc3ccc(C(=O)Nc4cnn(Cc5ccc(C(C)(C)O)nc5)c4)c(F)c3n21. The Morgan fingerprint density at radius 1 is 1.29 bits per heavy atom. The molecule has 0 spiro atoms. The van der Waals surface area contributed by atoms with E-state index >= 15 is 4.39 Å². The van der Waals surface area contributed by atoms with E-state index in [0.717, 1.165) is 5.56 Å². The van der Waals surface area contributed by atoms with Gasteiger partial charge in [0.2, 0.25) is 0 Å². The molecule has 0 saturated carbocycles. The highest BCUT2D eigenvalue weighted by atomic mass is 19.1. The van der Waals surface area contributed by atoms with Crippen molar-refractivity contribution in [2.75, 3.05) is 11.9 Å². The molecule has 1 atom stereocenters. The number of pyridine rings is 1. The number of nitrogens with zero attached hydrogens (tertiary/aromatic N) is 4. The van der Waals surface area contributed by atoms with Gasteiger partial charge in [0.25, 0.3) is 11.8 Å². The first-order valence-corrected chi connectivity index (χ1v) is 11.2. The van der Waals surface area contributed by atoms with Gasteiger partial charge in [-0.1, -0.05) is 12.1 Å². The lowest BCUT2D eigenvalue weighted by Crippen LogP contribution is -2.37. The van der Waals surface area contributed by atoms with E-state index in [1.807, 2.05) is 13.0 Å². The number of halogens is 1. The first-order valence-electron chi connectivity index (χ1n) is 11.2. The summed E-state index contributed by atoms with van der Waals surface area (Å²) < 4.78 is 18.8. The third-order valence-corrected chi connectivity index (χ3v) is 6.10. The standard InChI is InChI=1S/C25H25FN6O3/c1-14-9-28-24(34)19-8-16-5-6-18(21(26)22(16)32(14)19)23(33)30-17-11-29-31(13-17)12-15-4-7-20(27-10-15)25(2,3)35/h4-8,10-11,13-14,35H,9,12H2,1-3H3,(H,28,34)(H,30,33). The largest absolute Gasteiger partial charge is 0.384 e. The van der Waals surface area contributed by atoms with Crippen LogP contribution in [-0.4, -0.2) is 42.8 Å². The molecule has 2 amide bonds. The predicted molar refractivity (Wildman–Crippen MR) is 128 cm³/mol. The summed E-state index contributed by atoms with van der Waals surface area (Å²) in [6, 6.07) is 8.17. The minimum absolute atomic E-state index is 0.115. The second kappa shape index (κ2) is 8.31. The molecule has 4 heterocycles. The molecule has 3 N–H and O–H groups in total. The molecule has 9 nitrogen and oxygen atoms in total. The summed E-state index contributed by atoms with van der Waals surface area (Å²) in [6.45, 7) is 6.02. The van der Waals surface area contributed by atoms with Crippen molar-refractivity contribution in [3.8, 4) is 0 Å². The minimum Gasteiger partial charge on any atom is -0.384 e. The second-order valence-corrected chi connectivity index (χ2v) is 9.31. The Hall–Kier alpha value is -4.05. The summed E-state index contributed by atoms with van der Waals surface area (Å²) in [5, 5.41) is 20.3. The highest BCUT2D eigenvalue weighted by Crippen LogP contribution is 2.30. The van der Waals surface area contributed by atoms with Gasteiger partial charge in [0.05, 0.1) is 35.2 Å². The van der Waals surface area contributed by atoms with Gasteiger partial charge in [-0.2, -0.15) is 5.10 Å². The van der Waals surface area contributed by atoms with Crippen LogP contribution in [-0.2, 0) is 12.1 Å². The Bertz CT molecular complexity index is 1450. The van der Waals surface area contributed by atoms with E-state index in [4.69, 9.17) is 0 Å². The van der Waals surface area contributed by atoms with Crippen LogP contribution in [0.25, 0.3) is 10.9 Å². The molecule has 1 aromatic carbocycles. The van der Waals surface area contributed by atoms with Crippen LogP contribution in [0.4, 0.5) is 10.1 Å². The highest BCUT2D eigenvalue weighted by Gasteiger charge is 2.28. The van der Waals surface area contributed by atoms with Gasteiger partial charge in [0, 0.05) is 30.4 Å². The summed E-state index contributed by atoms with van der Waals surface area (Å²) in [5.74, 6) is -1.54. The van der Waals surface area contributed by atoms with Gasteiger partial charge >= 0.3 is 0 Å². The summed E-state index contributed by atoms with van der Waals surface area (Å²) in [4.78, 5) is 29.4. The van der Waals surface area contributed by atoms with E-state index in [-0.39, 0.29) is 23.0 Å². The third kappa shape index (κ3) is 4.17. The Labute approximate surface area is 200 Å². The third-order valence-electron chi connectivity index (χ3n) is 6.10. The van der Waals surface area contributed by atoms with Crippen LogP contribution in [0.1, 0.15) is 58.9 Å². The average Bonchev–Trinajstić information content (AvgIpc) is 3.41. The summed E-state index contributed by atoms with van der Waals surface area (Å²) >= 11 is 0. The Morgan fingerprint density at radius 2 is 2.09 bits per heavy atom. The maximum Gasteiger partial charge on any atom is 0.268 e. The number of hydrogen-bond donors (Lipinski definition) is 3. The van der Waals surface area contributed by atoms with Crippen LogP contribution < -0.4 is 10.6 Å². The molecule has 1 aliphatic heterocycles. The molecule has 10 heteroatoms.